The molecule has 0 aliphatic heterocycles. The van der Waals surface area contributed by atoms with Crippen molar-refractivity contribution < 1.29 is 4.79 Å². The fraction of sp³-hybridized carbons (Fsp3) is 0.500. The summed E-state index contributed by atoms with van der Waals surface area (Å²) in [5.74, 6) is 0.635. The summed E-state index contributed by atoms with van der Waals surface area (Å²) < 4.78 is 0. The Morgan fingerprint density at radius 3 is 2.88 bits per heavy atom. The third kappa shape index (κ3) is 2.69. The fourth-order valence-electron chi connectivity index (χ4n) is 1.95. The number of hydrogen-bond donors (Lipinski definition) is 2. The van der Waals surface area contributed by atoms with E-state index in [2.05, 4.69) is 10.3 Å². The predicted octanol–water partition coefficient (Wildman–Crippen LogP) is 2.24. The second kappa shape index (κ2) is 4.92. The van der Waals surface area contributed by atoms with Crippen LogP contribution in [0.5, 0.6) is 0 Å². The summed E-state index contributed by atoms with van der Waals surface area (Å²) in [6.45, 7) is 2.02. The number of carbonyl (C=O) groups excluding carboxylic acids is 1. The van der Waals surface area contributed by atoms with E-state index in [1.807, 2.05) is 6.92 Å². The number of nitrogens with two attached hydrogens (primary N) is 1. The maximum atomic E-state index is 12.0. The molecule has 2 rings (SSSR count). The summed E-state index contributed by atoms with van der Waals surface area (Å²) in [5, 5.41) is 3.26. The summed E-state index contributed by atoms with van der Waals surface area (Å²) in [6.07, 6.45) is 3.61. The van der Waals surface area contributed by atoms with Crippen molar-refractivity contribution in [2.75, 3.05) is 5.73 Å². The monoisotopic (exact) mass is 253 g/mol. The van der Waals surface area contributed by atoms with Gasteiger partial charge in [0.05, 0.1) is 5.02 Å². The van der Waals surface area contributed by atoms with Crippen LogP contribution in [-0.4, -0.2) is 16.9 Å². The zero-order valence-corrected chi connectivity index (χ0v) is 10.5. The Labute approximate surface area is 106 Å². The van der Waals surface area contributed by atoms with Crippen molar-refractivity contribution in [3.8, 4) is 0 Å². The third-order valence-electron chi connectivity index (χ3n) is 3.30. The van der Waals surface area contributed by atoms with Crippen molar-refractivity contribution in [2.24, 2.45) is 5.92 Å². The lowest BCUT2D eigenvalue weighted by Gasteiger charge is -2.31. The molecule has 1 saturated carbocycles. The van der Waals surface area contributed by atoms with Gasteiger partial charge in [-0.2, -0.15) is 0 Å². The lowest BCUT2D eigenvalue weighted by Crippen LogP contribution is -2.41. The number of aromatic nitrogens is 1. The highest BCUT2D eigenvalue weighted by molar-refractivity contribution is 6.33. The van der Waals surface area contributed by atoms with E-state index < -0.39 is 0 Å². The topological polar surface area (TPSA) is 68.0 Å². The van der Waals surface area contributed by atoms with Crippen LogP contribution < -0.4 is 11.1 Å². The molecule has 3 N–H and O–H groups in total. The molecule has 0 bridgehead atoms. The van der Waals surface area contributed by atoms with E-state index in [1.54, 1.807) is 12.1 Å². The van der Waals surface area contributed by atoms with Crippen LogP contribution >= 0.6 is 11.6 Å². The van der Waals surface area contributed by atoms with Gasteiger partial charge in [0.2, 0.25) is 0 Å². The smallest absolute Gasteiger partial charge is 0.271 e. The largest absolute Gasteiger partial charge is 0.384 e. The molecule has 1 aromatic rings. The van der Waals surface area contributed by atoms with Crippen LogP contribution in [0.2, 0.25) is 5.02 Å². The number of nitrogens with one attached hydrogen (secondary N) is 1. The van der Waals surface area contributed by atoms with Crippen LogP contribution in [0, 0.1) is 5.92 Å². The van der Waals surface area contributed by atoms with Gasteiger partial charge in [0.25, 0.3) is 5.91 Å². The number of nitrogens with zero attached hydrogens (tertiary/aromatic N) is 1. The van der Waals surface area contributed by atoms with Gasteiger partial charge in [-0.25, -0.2) is 4.98 Å². The predicted molar refractivity (Wildman–Crippen MR) is 67.9 cm³/mol. The lowest BCUT2D eigenvalue weighted by atomic mass is 9.80. The number of nitrogen functional groups attached to an aromatic ring is 1. The Morgan fingerprint density at radius 1 is 1.59 bits per heavy atom. The Morgan fingerprint density at radius 2 is 2.29 bits per heavy atom. The molecule has 1 fully saturated rings. The molecule has 0 saturated heterocycles. The van der Waals surface area contributed by atoms with Crippen molar-refractivity contribution in [1.82, 2.24) is 10.3 Å². The first kappa shape index (κ1) is 12.2. The molecule has 0 spiro atoms. The molecule has 1 heterocycles. The minimum atomic E-state index is -0.248. The summed E-state index contributed by atoms with van der Waals surface area (Å²) in [5.41, 5.74) is 5.75. The van der Waals surface area contributed by atoms with Gasteiger partial charge in [0.1, 0.15) is 11.5 Å². The minimum absolute atomic E-state index is 0.163. The molecule has 17 heavy (non-hydrogen) atoms. The van der Waals surface area contributed by atoms with Crippen LogP contribution in [-0.2, 0) is 0 Å². The van der Waals surface area contributed by atoms with Crippen LogP contribution in [0.1, 0.15) is 36.7 Å². The number of anilines is 1. The average Bonchev–Trinajstić information content (AvgIpc) is 2.18. The van der Waals surface area contributed by atoms with Crippen molar-refractivity contribution in [3.63, 3.8) is 0 Å². The number of carbonyl (C=O) groups is 1. The maximum Gasteiger partial charge on any atom is 0.271 e. The first-order valence-corrected chi connectivity index (χ1v) is 6.18. The van der Waals surface area contributed by atoms with Gasteiger partial charge in [0.15, 0.2) is 0 Å². The van der Waals surface area contributed by atoms with Crippen molar-refractivity contribution >= 4 is 23.3 Å². The first-order chi connectivity index (χ1) is 8.08. The van der Waals surface area contributed by atoms with Gasteiger partial charge in [-0.05, 0) is 37.8 Å². The van der Waals surface area contributed by atoms with Gasteiger partial charge in [-0.3, -0.25) is 4.79 Å². The highest BCUT2D eigenvalue weighted by atomic mass is 35.5. The normalized spacial score (nSPS) is 17.3. The molecule has 1 aliphatic carbocycles. The number of rotatable bonds is 3. The first-order valence-electron chi connectivity index (χ1n) is 5.81. The molecule has 92 valence electrons. The summed E-state index contributed by atoms with van der Waals surface area (Å²) in [4.78, 5) is 15.9. The highest BCUT2D eigenvalue weighted by Crippen LogP contribution is 2.29. The second-order valence-electron chi connectivity index (χ2n) is 4.52. The lowest BCUT2D eigenvalue weighted by molar-refractivity contribution is 0.0904. The van der Waals surface area contributed by atoms with E-state index in [1.165, 1.54) is 19.3 Å². The Bertz CT molecular complexity index is 432. The van der Waals surface area contributed by atoms with Crippen molar-refractivity contribution in [2.45, 2.75) is 32.2 Å². The second-order valence-corrected chi connectivity index (χ2v) is 4.93. The molecule has 4 nitrogen and oxygen atoms in total. The molecular weight excluding hydrogens is 238 g/mol. The maximum absolute atomic E-state index is 12.0. The van der Waals surface area contributed by atoms with Crippen LogP contribution in [0.3, 0.4) is 0 Å². The quantitative estimate of drug-likeness (QED) is 0.868. The minimum Gasteiger partial charge on any atom is -0.384 e. The standard InChI is InChI=1S/C12H16ClN3O/c1-7(8-3-2-4-8)15-12(17)11-9(13)5-6-10(14)16-11/h5-8H,2-4H2,1H3,(H2,14,16)(H,15,17). The molecule has 1 unspecified atom stereocenters. The third-order valence-corrected chi connectivity index (χ3v) is 3.60. The zero-order chi connectivity index (χ0) is 12.4. The van der Waals surface area contributed by atoms with E-state index in [0.29, 0.717) is 16.8 Å². The van der Waals surface area contributed by atoms with Gasteiger partial charge in [-0.15, -0.1) is 0 Å². The summed E-state index contributed by atoms with van der Waals surface area (Å²) >= 11 is 5.92. The van der Waals surface area contributed by atoms with Crippen LogP contribution in [0.15, 0.2) is 12.1 Å². The Hall–Kier alpha value is -1.29. The summed E-state index contributed by atoms with van der Waals surface area (Å²) in [7, 11) is 0. The highest BCUT2D eigenvalue weighted by Gasteiger charge is 2.26. The van der Waals surface area contributed by atoms with Crippen molar-refractivity contribution in [1.29, 1.82) is 0 Å². The van der Waals surface area contributed by atoms with E-state index in [9.17, 15) is 4.79 Å². The van der Waals surface area contributed by atoms with E-state index >= 15 is 0 Å². The SMILES string of the molecule is CC(NC(=O)c1nc(N)ccc1Cl)C1CCC1. The van der Waals surface area contributed by atoms with Gasteiger partial charge in [0, 0.05) is 6.04 Å². The molecule has 1 amide bonds. The van der Waals surface area contributed by atoms with E-state index in [-0.39, 0.29) is 17.6 Å². The van der Waals surface area contributed by atoms with E-state index in [0.717, 1.165) is 0 Å². The number of amides is 1. The molecule has 1 aromatic heterocycles. The molecule has 0 aromatic carbocycles. The molecular formula is C12H16ClN3O. The summed E-state index contributed by atoms with van der Waals surface area (Å²) in [6, 6.07) is 3.33. The molecule has 1 aliphatic rings. The number of pyridine rings is 1. The fourth-order valence-corrected chi connectivity index (χ4v) is 2.14. The molecule has 5 heteroatoms. The number of halogens is 1. The van der Waals surface area contributed by atoms with Gasteiger partial charge >= 0.3 is 0 Å². The van der Waals surface area contributed by atoms with Crippen LogP contribution in [0.4, 0.5) is 5.82 Å². The molecule has 1 atom stereocenters. The van der Waals surface area contributed by atoms with Crippen LogP contribution in [0.25, 0.3) is 0 Å². The van der Waals surface area contributed by atoms with Gasteiger partial charge < -0.3 is 11.1 Å². The Kier molecular flexibility index (Phi) is 3.52. The number of hydrogen-bond acceptors (Lipinski definition) is 3. The van der Waals surface area contributed by atoms with Crippen molar-refractivity contribution in [3.05, 3.63) is 22.8 Å². The van der Waals surface area contributed by atoms with E-state index in [4.69, 9.17) is 17.3 Å². The average molecular weight is 254 g/mol. The Balaban J connectivity index is 2.05. The zero-order valence-electron chi connectivity index (χ0n) is 9.74. The molecule has 0 radical (unpaired) electrons. The van der Waals surface area contributed by atoms with Gasteiger partial charge in [-0.1, -0.05) is 18.0 Å².